The number of aliphatic hydroxyl groups is 2. The third-order valence-corrected chi connectivity index (χ3v) is 8.39. The van der Waals surface area contributed by atoms with Crippen LogP contribution in [0.1, 0.15) is 41.2 Å². The maximum absolute atomic E-state index is 12.9. The highest BCUT2D eigenvalue weighted by atomic mass is 31.2. The number of H-pyrrole nitrogens is 1. The first-order valence-electron chi connectivity index (χ1n) is 13.6. The molecule has 4 heterocycles. The van der Waals surface area contributed by atoms with Gasteiger partial charge in [0.1, 0.15) is 24.4 Å². The number of aliphatic hydroxyl groups excluding tert-OH is 2. The van der Waals surface area contributed by atoms with E-state index in [0.29, 0.717) is 5.56 Å². The molecule has 0 bridgehead atoms. The first-order valence-corrected chi connectivity index (χ1v) is 15.1. The van der Waals surface area contributed by atoms with Gasteiger partial charge >= 0.3 is 19.1 Å². The third-order valence-electron chi connectivity index (χ3n) is 7.24. The molecule has 3 aromatic rings. The lowest BCUT2D eigenvalue weighted by Crippen LogP contribution is -2.37. The van der Waals surface area contributed by atoms with Gasteiger partial charge in [0.15, 0.2) is 0 Å². The van der Waals surface area contributed by atoms with E-state index in [9.17, 15) is 38.8 Å². The molecule has 2 saturated heterocycles. The maximum Gasteiger partial charge on any atom is 0.403 e. The van der Waals surface area contributed by atoms with Crippen LogP contribution in [0.4, 0.5) is 5.82 Å². The normalized spacial score (nSPS) is 26.4. The molecule has 2 aromatic heterocycles. The number of hydrogen-bond acceptors (Lipinski definition) is 11. The summed E-state index contributed by atoms with van der Waals surface area (Å²) >= 11 is 0. The van der Waals surface area contributed by atoms with E-state index < -0.39 is 80.6 Å². The lowest BCUT2D eigenvalue weighted by molar-refractivity contribution is -0.0435. The van der Waals surface area contributed by atoms with Crippen LogP contribution in [-0.4, -0.2) is 77.7 Å². The van der Waals surface area contributed by atoms with E-state index >= 15 is 0 Å². The Balaban J connectivity index is 1.18. The van der Waals surface area contributed by atoms with Crippen LogP contribution in [0.15, 0.2) is 63.2 Å². The van der Waals surface area contributed by atoms with Crippen molar-refractivity contribution in [2.75, 3.05) is 18.5 Å². The van der Waals surface area contributed by atoms with Crippen LogP contribution in [0.5, 0.6) is 0 Å². The summed E-state index contributed by atoms with van der Waals surface area (Å²) < 4.78 is 31.7. The zero-order chi connectivity index (χ0) is 31.6. The predicted octanol–water partition coefficient (Wildman–Crippen LogP) is -0.642. The van der Waals surface area contributed by atoms with Crippen molar-refractivity contribution in [1.29, 1.82) is 0 Å². The molecule has 0 aliphatic carbocycles. The number of aromatic nitrogens is 4. The van der Waals surface area contributed by atoms with E-state index in [0.717, 1.165) is 9.13 Å². The Morgan fingerprint density at radius 2 is 1.82 bits per heavy atom. The molecule has 0 saturated carbocycles. The summed E-state index contributed by atoms with van der Waals surface area (Å²) in [6, 6.07) is 8.81. The molecule has 2 fully saturated rings. The number of aryl methyl sites for hydroxylation is 1. The highest BCUT2D eigenvalue weighted by molar-refractivity contribution is 7.50. The zero-order valence-electron chi connectivity index (χ0n) is 23.3. The summed E-state index contributed by atoms with van der Waals surface area (Å²) in [6.07, 6.45) is -2.57. The van der Waals surface area contributed by atoms with Crippen molar-refractivity contribution < 1.29 is 38.5 Å². The number of hydrogen-bond donors (Lipinski definition) is 6. The summed E-state index contributed by atoms with van der Waals surface area (Å²) in [4.78, 5) is 65.4. The van der Waals surface area contributed by atoms with Gasteiger partial charge in [-0.25, -0.2) is 19.2 Å². The van der Waals surface area contributed by atoms with Gasteiger partial charge in [0.25, 0.3) is 11.5 Å². The third kappa shape index (κ3) is 7.11. The molecule has 236 valence electrons. The Morgan fingerprint density at radius 3 is 2.52 bits per heavy atom. The molecule has 18 heteroatoms. The minimum Gasteiger partial charge on any atom is -0.394 e. The molecular formula is C26H31N6O11P. The van der Waals surface area contributed by atoms with Gasteiger partial charge in [0, 0.05) is 36.4 Å². The number of amides is 1. The van der Waals surface area contributed by atoms with Gasteiger partial charge in [-0.1, -0.05) is 18.2 Å². The van der Waals surface area contributed by atoms with Gasteiger partial charge in [-0.2, -0.15) is 4.98 Å². The number of carbonyl (C=O) groups excluding carboxylic acids is 1. The number of benzene rings is 1. The monoisotopic (exact) mass is 634 g/mol. The fourth-order valence-electron chi connectivity index (χ4n) is 4.94. The highest BCUT2D eigenvalue weighted by Gasteiger charge is 2.42. The van der Waals surface area contributed by atoms with Crippen molar-refractivity contribution in [3.8, 4) is 0 Å². The first-order chi connectivity index (χ1) is 20.9. The Hall–Kier alpha value is -3.80. The Morgan fingerprint density at radius 1 is 1.11 bits per heavy atom. The van der Waals surface area contributed by atoms with Crippen molar-refractivity contribution in [2.45, 2.75) is 56.6 Å². The van der Waals surface area contributed by atoms with Crippen molar-refractivity contribution in [1.82, 2.24) is 24.2 Å². The zero-order valence-corrected chi connectivity index (χ0v) is 24.2. The van der Waals surface area contributed by atoms with Gasteiger partial charge in [-0.15, -0.1) is 0 Å². The second-order valence-corrected chi connectivity index (χ2v) is 11.9. The summed E-state index contributed by atoms with van der Waals surface area (Å²) in [7, 11) is -4.57. The fraction of sp³-hybridized carbons (Fsp3) is 0.423. The van der Waals surface area contributed by atoms with Crippen LogP contribution in [0.2, 0.25) is 0 Å². The standard InChI is InChI=1S/C26H31N6O11P/c1-14-11-32(26(38)29-23(14)35)22-10-17(34)19(43-22)13-41-44(39,40)30-16-9-21(42-18(16)12-33)31-8-7-20(28-25(31)37)27-24(36)15-5-3-2-4-6-15/h2-8,11,16-19,21-22,33-34H,9-10,12-13H2,1H3,(H,29,35,38)(H2,30,39,40)(H,27,28,36,37)/t16-,17-,18+,19+,21+,22+/m0/s1. The molecule has 1 aromatic carbocycles. The SMILES string of the molecule is Cc1cn([C@H]2C[C@H](O)[C@@H](COP(=O)(O)N[C@H]3C[C@H](n4ccc(NC(=O)c5ccccc5)nc4=O)O[C@@H]3CO)O2)c(=O)[nH]c1=O. The van der Waals surface area contributed by atoms with Crippen molar-refractivity contribution in [3.05, 3.63) is 91.2 Å². The highest BCUT2D eigenvalue weighted by Crippen LogP contribution is 2.42. The summed E-state index contributed by atoms with van der Waals surface area (Å²) in [5.41, 5.74) is -1.42. The molecule has 0 radical (unpaired) electrons. The Kier molecular flexibility index (Phi) is 9.38. The van der Waals surface area contributed by atoms with E-state index in [4.69, 9.17) is 14.0 Å². The number of rotatable bonds is 10. The summed E-state index contributed by atoms with van der Waals surface area (Å²) in [5, 5.41) is 25.2. The minimum absolute atomic E-state index is 0.0128. The number of nitrogens with zero attached hydrogens (tertiary/aromatic N) is 3. The smallest absolute Gasteiger partial charge is 0.394 e. The molecule has 17 nitrogen and oxygen atoms in total. The number of anilines is 1. The molecule has 44 heavy (non-hydrogen) atoms. The molecule has 1 unspecified atom stereocenters. The van der Waals surface area contributed by atoms with Gasteiger partial charge < -0.3 is 29.9 Å². The average molecular weight is 635 g/mol. The largest absolute Gasteiger partial charge is 0.403 e. The van der Waals surface area contributed by atoms with Crippen molar-refractivity contribution >= 4 is 19.5 Å². The van der Waals surface area contributed by atoms with Gasteiger partial charge in [-0.3, -0.25) is 28.2 Å². The van der Waals surface area contributed by atoms with Gasteiger partial charge in [0.05, 0.1) is 31.5 Å². The Labute approximate surface area is 248 Å². The van der Waals surface area contributed by atoms with E-state index in [-0.39, 0.29) is 24.2 Å². The van der Waals surface area contributed by atoms with Crippen LogP contribution in [-0.2, 0) is 18.6 Å². The number of ether oxygens (including phenoxy) is 2. The van der Waals surface area contributed by atoms with E-state index in [1.54, 1.807) is 30.3 Å². The Bertz CT molecular complexity index is 1730. The van der Waals surface area contributed by atoms with E-state index in [2.05, 4.69) is 20.4 Å². The summed E-state index contributed by atoms with van der Waals surface area (Å²) in [6.45, 7) is 0.413. The molecule has 7 atom stereocenters. The van der Waals surface area contributed by atoms with E-state index in [1.165, 1.54) is 25.4 Å². The molecule has 5 rings (SSSR count). The van der Waals surface area contributed by atoms with Crippen molar-refractivity contribution in [2.24, 2.45) is 0 Å². The van der Waals surface area contributed by atoms with Gasteiger partial charge in [-0.05, 0) is 25.1 Å². The number of nitrogens with one attached hydrogen (secondary N) is 3. The van der Waals surface area contributed by atoms with Crippen LogP contribution in [0.3, 0.4) is 0 Å². The molecule has 2 aliphatic heterocycles. The van der Waals surface area contributed by atoms with Crippen LogP contribution >= 0.6 is 7.75 Å². The van der Waals surface area contributed by atoms with E-state index in [1.807, 2.05) is 0 Å². The molecule has 6 N–H and O–H groups in total. The molecule has 2 aliphatic rings. The van der Waals surface area contributed by atoms with Crippen LogP contribution in [0.25, 0.3) is 0 Å². The lowest BCUT2D eigenvalue weighted by atomic mass is 10.1. The molecule has 0 spiro atoms. The maximum atomic E-state index is 12.9. The second-order valence-electron chi connectivity index (χ2n) is 10.3. The minimum atomic E-state index is -4.57. The van der Waals surface area contributed by atoms with Crippen LogP contribution in [0, 0.1) is 6.92 Å². The quantitative estimate of drug-likeness (QED) is 0.152. The van der Waals surface area contributed by atoms with Crippen molar-refractivity contribution in [3.63, 3.8) is 0 Å². The number of carbonyl (C=O) groups is 1. The molecular weight excluding hydrogens is 603 g/mol. The van der Waals surface area contributed by atoms with Crippen LogP contribution < -0.4 is 27.3 Å². The fourth-order valence-corrected chi connectivity index (χ4v) is 6.06. The summed E-state index contributed by atoms with van der Waals surface area (Å²) in [5.74, 6) is -0.444. The van der Waals surface area contributed by atoms with Gasteiger partial charge in [0.2, 0.25) is 0 Å². The second kappa shape index (κ2) is 13.1. The lowest BCUT2D eigenvalue weighted by Gasteiger charge is -2.23. The molecule has 1 amide bonds. The topological polar surface area (TPSA) is 236 Å². The first kappa shape index (κ1) is 31.6. The number of aromatic amines is 1. The predicted molar refractivity (Wildman–Crippen MR) is 152 cm³/mol. The average Bonchev–Trinajstić information content (AvgIpc) is 3.56.